The molecule has 1 aromatic carbocycles. The molecule has 0 bridgehead atoms. The van der Waals surface area contributed by atoms with E-state index in [1.165, 1.54) is 0 Å². The molecule has 0 aliphatic carbocycles. The fourth-order valence-electron chi connectivity index (χ4n) is 2.10. The van der Waals surface area contributed by atoms with E-state index in [9.17, 15) is 5.11 Å². The van der Waals surface area contributed by atoms with Gasteiger partial charge in [-0.3, -0.25) is 4.99 Å². The van der Waals surface area contributed by atoms with Gasteiger partial charge >= 0.3 is 0 Å². The number of nitrogens with two attached hydrogens (primary N) is 1. The molecule has 4 nitrogen and oxygen atoms in total. The molecule has 2 aliphatic rings. The molecule has 0 fully saturated rings. The van der Waals surface area contributed by atoms with Crippen molar-refractivity contribution in [2.45, 2.75) is 6.23 Å². The number of nitrogens with zero attached hydrogens (tertiary/aromatic N) is 2. The van der Waals surface area contributed by atoms with E-state index in [-0.39, 0.29) is 0 Å². The van der Waals surface area contributed by atoms with Crippen molar-refractivity contribution in [3.8, 4) is 0 Å². The van der Waals surface area contributed by atoms with Crippen molar-refractivity contribution >= 4 is 11.5 Å². The maximum absolute atomic E-state index is 9.95. The van der Waals surface area contributed by atoms with Crippen LogP contribution in [0.5, 0.6) is 0 Å². The Labute approximate surface area is 81.7 Å². The third-order valence-corrected chi connectivity index (χ3v) is 2.77. The highest BCUT2D eigenvalue weighted by molar-refractivity contribution is 6.04. The van der Waals surface area contributed by atoms with Crippen LogP contribution in [0.15, 0.2) is 23.2 Å². The van der Waals surface area contributed by atoms with E-state index in [0.29, 0.717) is 5.69 Å². The Kier molecular flexibility index (Phi) is 1.39. The van der Waals surface area contributed by atoms with Gasteiger partial charge in [0.1, 0.15) is 5.84 Å². The monoisotopic (exact) mass is 189 g/mol. The van der Waals surface area contributed by atoms with E-state index in [1.807, 2.05) is 23.1 Å². The number of rotatable bonds is 0. The number of benzene rings is 1. The van der Waals surface area contributed by atoms with Gasteiger partial charge < -0.3 is 15.7 Å². The lowest BCUT2D eigenvalue weighted by Crippen LogP contribution is -2.25. The maximum atomic E-state index is 9.95. The Bertz CT molecular complexity index is 427. The van der Waals surface area contributed by atoms with Crippen LogP contribution < -0.4 is 5.73 Å². The SMILES string of the molecule is Nc1ccc2c(c1)C1=NCCN1C2O. The molecule has 0 amide bonds. The Morgan fingerprint density at radius 3 is 3.21 bits per heavy atom. The highest BCUT2D eigenvalue weighted by Gasteiger charge is 2.35. The lowest BCUT2D eigenvalue weighted by atomic mass is 10.1. The van der Waals surface area contributed by atoms with Gasteiger partial charge in [0.05, 0.1) is 6.54 Å². The lowest BCUT2D eigenvalue weighted by molar-refractivity contribution is 0.0684. The molecule has 4 heteroatoms. The van der Waals surface area contributed by atoms with Crippen LogP contribution in [0.1, 0.15) is 17.4 Å². The molecular weight excluding hydrogens is 178 g/mol. The van der Waals surface area contributed by atoms with Gasteiger partial charge in [-0.05, 0) is 12.1 Å². The number of aliphatic hydroxyl groups is 1. The van der Waals surface area contributed by atoms with Gasteiger partial charge in [-0.15, -0.1) is 0 Å². The first kappa shape index (κ1) is 7.82. The average molecular weight is 189 g/mol. The van der Waals surface area contributed by atoms with Crippen LogP contribution >= 0.6 is 0 Å². The van der Waals surface area contributed by atoms with Crippen LogP contribution in [-0.4, -0.2) is 28.9 Å². The quantitative estimate of drug-likeness (QED) is 0.578. The van der Waals surface area contributed by atoms with Crippen LogP contribution in [0, 0.1) is 0 Å². The molecule has 3 N–H and O–H groups in total. The summed E-state index contributed by atoms with van der Waals surface area (Å²) in [4.78, 5) is 6.26. The molecule has 2 aliphatic heterocycles. The number of hydrogen-bond acceptors (Lipinski definition) is 4. The molecular formula is C10H11N3O. The summed E-state index contributed by atoms with van der Waals surface area (Å²) in [5.74, 6) is 0.889. The lowest BCUT2D eigenvalue weighted by Gasteiger charge is -2.16. The van der Waals surface area contributed by atoms with Gasteiger partial charge in [-0.1, -0.05) is 6.07 Å². The van der Waals surface area contributed by atoms with Crippen LogP contribution in [0.4, 0.5) is 5.69 Å². The number of aliphatic hydroxyl groups excluding tert-OH is 1. The summed E-state index contributed by atoms with van der Waals surface area (Å²) in [6.45, 7) is 1.56. The summed E-state index contributed by atoms with van der Waals surface area (Å²) in [5.41, 5.74) is 8.32. The van der Waals surface area contributed by atoms with E-state index in [1.54, 1.807) is 0 Å². The zero-order chi connectivity index (χ0) is 9.71. The van der Waals surface area contributed by atoms with Crippen molar-refractivity contribution < 1.29 is 5.11 Å². The molecule has 0 radical (unpaired) electrons. The zero-order valence-electron chi connectivity index (χ0n) is 7.64. The largest absolute Gasteiger partial charge is 0.399 e. The van der Waals surface area contributed by atoms with Gasteiger partial charge in [-0.2, -0.15) is 0 Å². The molecule has 2 heterocycles. The third kappa shape index (κ3) is 0.834. The molecule has 1 atom stereocenters. The molecule has 0 spiro atoms. The van der Waals surface area contributed by atoms with Crippen LogP contribution in [0.25, 0.3) is 0 Å². The smallest absolute Gasteiger partial charge is 0.155 e. The van der Waals surface area contributed by atoms with Gasteiger partial charge in [-0.25, -0.2) is 0 Å². The second-order valence-electron chi connectivity index (χ2n) is 3.62. The number of anilines is 1. The van der Waals surface area contributed by atoms with Gasteiger partial charge in [0.25, 0.3) is 0 Å². The van der Waals surface area contributed by atoms with Gasteiger partial charge in [0, 0.05) is 23.4 Å². The molecule has 3 rings (SSSR count). The van der Waals surface area contributed by atoms with E-state index < -0.39 is 6.23 Å². The van der Waals surface area contributed by atoms with E-state index in [4.69, 9.17) is 5.73 Å². The fourth-order valence-corrected chi connectivity index (χ4v) is 2.10. The van der Waals surface area contributed by atoms with E-state index in [0.717, 1.165) is 30.1 Å². The van der Waals surface area contributed by atoms with Crippen molar-refractivity contribution in [3.05, 3.63) is 29.3 Å². The minimum Gasteiger partial charge on any atom is -0.399 e. The summed E-state index contributed by atoms with van der Waals surface area (Å²) in [7, 11) is 0. The highest BCUT2D eigenvalue weighted by atomic mass is 16.3. The summed E-state index contributed by atoms with van der Waals surface area (Å²) in [5, 5.41) is 9.95. The Hall–Kier alpha value is -1.55. The van der Waals surface area contributed by atoms with Gasteiger partial charge in [0.2, 0.25) is 0 Å². The van der Waals surface area contributed by atoms with Crippen LogP contribution in [0.3, 0.4) is 0 Å². The summed E-state index contributed by atoms with van der Waals surface area (Å²) < 4.78 is 0. The first-order valence-corrected chi connectivity index (χ1v) is 4.66. The number of amidine groups is 1. The van der Waals surface area contributed by atoms with Crippen molar-refractivity contribution in [1.29, 1.82) is 0 Å². The topological polar surface area (TPSA) is 61.8 Å². The molecule has 0 saturated carbocycles. The van der Waals surface area contributed by atoms with E-state index in [2.05, 4.69) is 4.99 Å². The van der Waals surface area contributed by atoms with Crippen molar-refractivity contribution in [3.63, 3.8) is 0 Å². The average Bonchev–Trinajstić information content (AvgIpc) is 2.71. The zero-order valence-corrected chi connectivity index (χ0v) is 7.64. The first-order valence-electron chi connectivity index (χ1n) is 4.66. The number of aliphatic imine (C=N–C) groups is 1. The molecule has 0 aromatic heterocycles. The predicted octanol–water partition coefficient (Wildman–Crippen LogP) is 0.335. The first-order chi connectivity index (χ1) is 6.77. The standard InChI is InChI=1S/C10H11N3O/c11-6-1-2-7-8(5-6)9-12-3-4-13(9)10(7)14/h1-2,5,10,14H,3-4,11H2. The van der Waals surface area contributed by atoms with Crippen molar-refractivity contribution in [2.24, 2.45) is 4.99 Å². The van der Waals surface area contributed by atoms with Crippen LogP contribution in [0.2, 0.25) is 0 Å². The molecule has 1 aromatic rings. The van der Waals surface area contributed by atoms with Crippen molar-refractivity contribution in [1.82, 2.24) is 4.90 Å². The molecule has 1 unspecified atom stereocenters. The Morgan fingerprint density at radius 1 is 1.50 bits per heavy atom. The molecule has 72 valence electrons. The fraction of sp³-hybridized carbons (Fsp3) is 0.300. The number of fused-ring (bicyclic) bond motifs is 3. The maximum Gasteiger partial charge on any atom is 0.155 e. The van der Waals surface area contributed by atoms with Gasteiger partial charge in [0.15, 0.2) is 6.23 Å². The number of nitrogen functional groups attached to an aromatic ring is 1. The third-order valence-electron chi connectivity index (χ3n) is 2.77. The summed E-state index contributed by atoms with van der Waals surface area (Å²) >= 11 is 0. The Morgan fingerprint density at radius 2 is 2.36 bits per heavy atom. The second-order valence-corrected chi connectivity index (χ2v) is 3.62. The summed E-state index contributed by atoms with van der Waals surface area (Å²) in [6, 6.07) is 5.56. The highest BCUT2D eigenvalue weighted by Crippen LogP contribution is 2.34. The molecule has 14 heavy (non-hydrogen) atoms. The van der Waals surface area contributed by atoms with Crippen molar-refractivity contribution in [2.75, 3.05) is 18.8 Å². The number of hydrogen-bond donors (Lipinski definition) is 2. The minimum atomic E-state index is -0.535. The Balaban J connectivity index is 2.22. The van der Waals surface area contributed by atoms with E-state index >= 15 is 0 Å². The predicted molar refractivity (Wildman–Crippen MR) is 53.9 cm³/mol. The minimum absolute atomic E-state index is 0.535. The molecule has 0 saturated heterocycles. The van der Waals surface area contributed by atoms with Crippen LogP contribution in [-0.2, 0) is 0 Å². The normalized spacial score (nSPS) is 23.4. The second kappa shape index (κ2) is 2.48. The summed E-state index contributed by atoms with van der Waals surface area (Å²) in [6.07, 6.45) is -0.535.